The minimum Gasteiger partial charge on any atom is -0.475 e. The molecule has 41 heavy (non-hydrogen) atoms. The van der Waals surface area contributed by atoms with E-state index in [2.05, 4.69) is 20.4 Å². The van der Waals surface area contributed by atoms with Crippen LogP contribution < -0.4 is 15.8 Å². The van der Waals surface area contributed by atoms with E-state index < -0.39 is 17.7 Å². The van der Waals surface area contributed by atoms with Gasteiger partial charge in [0, 0.05) is 19.3 Å². The molecule has 3 aromatic heterocycles. The summed E-state index contributed by atoms with van der Waals surface area (Å²) in [6, 6.07) is 10.7. The molecule has 0 aliphatic rings. The van der Waals surface area contributed by atoms with E-state index >= 15 is 0 Å². The number of carbonyl (C=O) groups excluding carboxylic acids is 2. The molecule has 12 nitrogen and oxygen atoms in total. The minimum absolute atomic E-state index is 0.140. The fourth-order valence-corrected chi connectivity index (χ4v) is 4.49. The molecule has 0 aliphatic carbocycles. The van der Waals surface area contributed by atoms with Crippen molar-refractivity contribution in [2.45, 2.75) is 58.7 Å². The summed E-state index contributed by atoms with van der Waals surface area (Å²) in [6.07, 6.45) is 2.36. The van der Waals surface area contributed by atoms with Gasteiger partial charge >= 0.3 is 12.1 Å². The zero-order valence-electron chi connectivity index (χ0n) is 24.3. The van der Waals surface area contributed by atoms with E-state index in [-0.39, 0.29) is 12.6 Å². The first kappa shape index (κ1) is 29.4. The molecule has 4 rings (SSSR count). The molecule has 0 spiro atoms. The lowest BCUT2D eigenvalue weighted by Gasteiger charge is -2.24. The summed E-state index contributed by atoms with van der Waals surface area (Å²) >= 11 is 0. The first-order chi connectivity index (χ1) is 19.4. The van der Waals surface area contributed by atoms with Gasteiger partial charge in [-0.15, -0.1) is 0 Å². The number of methoxy groups -OCH3 is 1. The van der Waals surface area contributed by atoms with Crippen LogP contribution >= 0.6 is 0 Å². The number of nitrogens with two attached hydrogens (primary N) is 1. The second kappa shape index (κ2) is 12.3. The Morgan fingerprint density at radius 2 is 1.90 bits per heavy atom. The lowest BCUT2D eigenvalue weighted by atomic mass is 10.1. The second-order valence-electron chi connectivity index (χ2n) is 10.8. The van der Waals surface area contributed by atoms with Crippen molar-refractivity contribution < 1.29 is 23.8 Å². The summed E-state index contributed by atoms with van der Waals surface area (Å²) in [4.78, 5) is 33.8. The maximum atomic E-state index is 12.7. The number of ether oxygens (including phenoxy) is 3. The van der Waals surface area contributed by atoms with Gasteiger partial charge < -0.3 is 29.8 Å². The van der Waals surface area contributed by atoms with Crippen LogP contribution in [0.3, 0.4) is 0 Å². The van der Waals surface area contributed by atoms with Gasteiger partial charge in [-0.3, -0.25) is 4.98 Å². The van der Waals surface area contributed by atoms with Crippen LogP contribution in [0, 0.1) is 6.92 Å². The summed E-state index contributed by atoms with van der Waals surface area (Å²) in [5.74, 6) is 0.423. The molecule has 1 atom stereocenters. The van der Waals surface area contributed by atoms with E-state index in [0.717, 1.165) is 11.0 Å². The van der Waals surface area contributed by atoms with E-state index in [0.29, 0.717) is 53.7 Å². The molecule has 0 saturated carbocycles. The molecular weight excluding hydrogens is 526 g/mol. The van der Waals surface area contributed by atoms with E-state index in [1.807, 2.05) is 49.6 Å². The molecular formula is C29H37N7O5. The zero-order valence-corrected chi connectivity index (χ0v) is 24.3. The van der Waals surface area contributed by atoms with Crippen LogP contribution in [0.5, 0.6) is 5.88 Å². The molecule has 0 saturated heterocycles. The summed E-state index contributed by atoms with van der Waals surface area (Å²) in [5, 5.41) is 7.28. The number of carbonyl (C=O) groups is 2. The third-order valence-corrected chi connectivity index (χ3v) is 6.30. The predicted octanol–water partition coefficient (Wildman–Crippen LogP) is 4.26. The van der Waals surface area contributed by atoms with Crippen LogP contribution in [-0.2, 0) is 23.1 Å². The normalized spacial score (nSPS) is 12.2. The molecule has 1 amide bonds. The number of alkyl carbamates (subject to hydrolysis) is 1. The Kier molecular flexibility index (Phi) is 8.80. The minimum atomic E-state index is -0.650. The van der Waals surface area contributed by atoms with E-state index in [4.69, 9.17) is 19.9 Å². The Labute approximate surface area is 238 Å². The highest BCUT2D eigenvalue weighted by Gasteiger charge is 2.22. The first-order valence-electron chi connectivity index (χ1n) is 13.4. The molecule has 0 aliphatic heterocycles. The number of benzene rings is 1. The zero-order chi connectivity index (χ0) is 29.7. The van der Waals surface area contributed by atoms with Crippen molar-refractivity contribution >= 4 is 29.0 Å². The van der Waals surface area contributed by atoms with Gasteiger partial charge in [0.05, 0.1) is 47.2 Å². The number of esters is 1. The number of hydrogen-bond acceptors (Lipinski definition) is 9. The van der Waals surface area contributed by atoms with Gasteiger partial charge in [0.2, 0.25) is 11.8 Å². The molecule has 0 fully saturated rings. The van der Waals surface area contributed by atoms with Gasteiger partial charge in [-0.25, -0.2) is 19.3 Å². The molecule has 0 radical (unpaired) electrons. The number of pyridine rings is 1. The number of amides is 1. The standard InChI is InChI=1S/C29H37N7O5/c1-18-14-19(26(37)39-6)15-23(32-18)21-16-31-35(5)25(21)40-17-20(33-28(38)41-29(2,3)4)10-9-13-36-24-12-8-7-11-22(24)34-27(36)30/h7-8,11-12,14-16,20H,9-10,13,17H2,1-6H3,(H2,30,34)(H,33,38)/t20-/m0/s1. The smallest absolute Gasteiger partial charge is 0.407 e. The largest absolute Gasteiger partial charge is 0.475 e. The molecule has 0 bridgehead atoms. The van der Waals surface area contributed by atoms with E-state index in [1.165, 1.54) is 7.11 Å². The summed E-state index contributed by atoms with van der Waals surface area (Å²) < 4.78 is 20.2. The van der Waals surface area contributed by atoms with Crippen molar-refractivity contribution in [3.63, 3.8) is 0 Å². The Morgan fingerprint density at radius 3 is 2.63 bits per heavy atom. The number of nitrogens with zero attached hydrogens (tertiary/aromatic N) is 5. The second-order valence-corrected chi connectivity index (χ2v) is 10.8. The number of nitrogens with one attached hydrogen (secondary N) is 1. The fourth-order valence-electron chi connectivity index (χ4n) is 4.49. The summed E-state index contributed by atoms with van der Waals surface area (Å²) in [5.41, 5.74) is 9.46. The lowest BCUT2D eigenvalue weighted by molar-refractivity contribution is 0.0481. The highest BCUT2D eigenvalue weighted by molar-refractivity contribution is 5.91. The number of imidazole rings is 1. The van der Waals surface area contributed by atoms with Crippen molar-refractivity contribution in [2.75, 3.05) is 19.5 Å². The van der Waals surface area contributed by atoms with Gasteiger partial charge in [0.15, 0.2) is 0 Å². The average molecular weight is 564 g/mol. The Balaban J connectivity index is 1.52. The molecule has 1 aromatic carbocycles. The number of aromatic nitrogens is 5. The van der Waals surface area contributed by atoms with Crippen molar-refractivity contribution in [1.29, 1.82) is 0 Å². The molecule has 4 aromatic rings. The van der Waals surface area contributed by atoms with Crippen molar-refractivity contribution in [2.24, 2.45) is 7.05 Å². The van der Waals surface area contributed by atoms with Crippen LogP contribution in [0.1, 0.15) is 49.7 Å². The monoisotopic (exact) mass is 563 g/mol. The molecule has 218 valence electrons. The fraction of sp³-hybridized carbons (Fsp3) is 0.414. The number of fused-ring (bicyclic) bond motifs is 1. The molecule has 3 N–H and O–H groups in total. The maximum absolute atomic E-state index is 12.7. The number of anilines is 1. The van der Waals surface area contributed by atoms with Crippen LogP contribution in [-0.4, -0.2) is 61.7 Å². The Bertz CT molecular complexity index is 1540. The van der Waals surface area contributed by atoms with Crippen molar-refractivity contribution in [1.82, 2.24) is 29.6 Å². The highest BCUT2D eigenvalue weighted by Crippen LogP contribution is 2.29. The number of rotatable bonds is 10. The molecule has 0 unspecified atom stereocenters. The average Bonchev–Trinajstić information content (AvgIpc) is 3.43. The number of para-hydroxylation sites is 2. The SMILES string of the molecule is COC(=O)c1cc(C)nc(-c2cnn(C)c2OC[C@H](CCCn2c(N)nc3ccccc32)NC(=O)OC(C)(C)C)c1. The lowest BCUT2D eigenvalue weighted by Crippen LogP contribution is -2.42. The first-order valence-corrected chi connectivity index (χ1v) is 13.4. The van der Waals surface area contributed by atoms with E-state index in [9.17, 15) is 9.59 Å². The van der Waals surface area contributed by atoms with E-state index in [1.54, 1.807) is 37.0 Å². The third-order valence-electron chi connectivity index (χ3n) is 6.30. The summed E-state index contributed by atoms with van der Waals surface area (Å²) in [6.45, 7) is 7.98. The number of aryl methyl sites for hydroxylation is 3. The maximum Gasteiger partial charge on any atom is 0.407 e. The van der Waals surface area contributed by atoms with Crippen LogP contribution in [0.4, 0.5) is 10.7 Å². The predicted molar refractivity (Wildman–Crippen MR) is 155 cm³/mol. The molecule has 3 heterocycles. The van der Waals surface area contributed by atoms with Crippen molar-refractivity contribution in [3.05, 3.63) is 53.9 Å². The quantitative estimate of drug-likeness (QED) is 0.270. The highest BCUT2D eigenvalue weighted by atomic mass is 16.6. The third kappa shape index (κ3) is 7.33. The van der Waals surface area contributed by atoms with Gasteiger partial charge in [0.25, 0.3) is 0 Å². The van der Waals surface area contributed by atoms with Crippen LogP contribution in [0.2, 0.25) is 0 Å². The Hall–Kier alpha value is -4.61. The van der Waals surface area contributed by atoms with Gasteiger partial charge in [-0.2, -0.15) is 5.10 Å². The molecule has 12 heteroatoms. The number of nitrogen functional groups attached to an aromatic ring is 1. The Morgan fingerprint density at radius 1 is 1.15 bits per heavy atom. The van der Waals surface area contributed by atoms with Gasteiger partial charge in [-0.1, -0.05) is 12.1 Å². The number of hydrogen-bond donors (Lipinski definition) is 2. The summed E-state index contributed by atoms with van der Waals surface area (Å²) in [7, 11) is 3.08. The van der Waals surface area contributed by atoms with Gasteiger partial charge in [0.1, 0.15) is 12.2 Å². The topological polar surface area (TPSA) is 148 Å². The van der Waals surface area contributed by atoms with Crippen LogP contribution in [0.25, 0.3) is 22.3 Å². The van der Waals surface area contributed by atoms with Crippen molar-refractivity contribution in [3.8, 4) is 17.1 Å². The van der Waals surface area contributed by atoms with Gasteiger partial charge in [-0.05, 0) is 64.8 Å². The van der Waals surface area contributed by atoms with Crippen LogP contribution in [0.15, 0.2) is 42.6 Å².